The van der Waals surface area contributed by atoms with Gasteiger partial charge in [-0.25, -0.2) is 9.89 Å². The number of methoxy groups -OCH3 is 1. The number of ether oxygens (including phenoxy) is 1. The van der Waals surface area contributed by atoms with Gasteiger partial charge in [-0.3, -0.25) is 4.57 Å². The van der Waals surface area contributed by atoms with Crippen molar-refractivity contribution in [1.29, 1.82) is 0 Å². The Morgan fingerprint density at radius 3 is 3.00 bits per heavy atom. The average molecular weight is 266 g/mol. The van der Waals surface area contributed by atoms with Crippen LogP contribution >= 0.6 is 11.8 Å². The second-order valence-electron chi connectivity index (χ2n) is 3.56. The number of rotatable bonds is 4. The first kappa shape index (κ1) is 12.6. The third-order valence-electron chi connectivity index (χ3n) is 2.46. The van der Waals surface area contributed by atoms with Crippen LogP contribution in [0.25, 0.3) is 0 Å². The maximum atomic E-state index is 11.4. The summed E-state index contributed by atoms with van der Waals surface area (Å²) in [4.78, 5) is 12.3. The number of nitrogens with zero attached hydrogens (tertiary/aromatic N) is 2. The molecule has 18 heavy (non-hydrogen) atoms. The van der Waals surface area contributed by atoms with E-state index < -0.39 is 0 Å². The SMILES string of the molecule is CCn1c(Sc2cc(OC)ccc2N)n[nH]c1=O. The van der Waals surface area contributed by atoms with Crippen LogP contribution in [0.2, 0.25) is 0 Å². The molecule has 2 rings (SSSR count). The highest BCUT2D eigenvalue weighted by atomic mass is 32.2. The van der Waals surface area contributed by atoms with E-state index >= 15 is 0 Å². The average Bonchev–Trinajstić information content (AvgIpc) is 2.72. The molecule has 0 saturated carbocycles. The van der Waals surface area contributed by atoms with E-state index in [0.29, 0.717) is 23.1 Å². The molecule has 96 valence electrons. The van der Waals surface area contributed by atoms with Crippen LogP contribution in [0.5, 0.6) is 5.75 Å². The molecule has 0 atom stereocenters. The molecule has 0 aliphatic rings. The molecule has 0 aliphatic carbocycles. The first-order valence-electron chi connectivity index (χ1n) is 5.42. The number of benzene rings is 1. The van der Waals surface area contributed by atoms with Gasteiger partial charge in [0.15, 0.2) is 5.16 Å². The normalized spacial score (nSPS) is 10.6. The Bertz CT molecular complexity index is 605. The summed E-state index contributed by atoms with van der Waals surface area (Å²) < 4.78 is 6.69. The number of aromatic nitrogens is 3. The van der Waals surface area contributed by atoms with Crippen LogP contribution in [0.4, 0.5) is 5.69 Å². The smallest absolute Gasteiger partial charge is 0.343 e. The van der Waals surface area contributed by atoms with Crippen LogP contribution in [0.1, 0.15) is 6.92 Å². The number of H-pyrrole nitrogens is 1. The molecular formula is C11H14N4O2S. The minimum atomic E-state index is -0.221. The number of aromatic amines is 1. The van der Waals surface area contributed by atoms with Crippen LogP contribution in [0.15, 0.2) is 33.0 Å². The van der Waals surface area contributed by atoms with Crippen molar-refractivity contribution in [2.45, 2.75) is 23.5 Å². The lowest BCUT2D eigenvalue weighted by Crippen LogP contribution is -2.16. The molecule has 1 aromatic carbocycles. The van der Waals surface area contributed by atoms with Crippen molar-refractivity contribution < 1.29 is 4.74 Å². The van der Waals surface area contributed by atoms with Crippen LogP contribution in [0.3, 0.4) is 0 Å². The largest absolute Gasteiger partial charge is 0.497 e. The van der Waals surface area contributed by atoms with Crippen molar-refractivity contribution in [3.8, 4) is 5.75 Å². The highest BCUT2D eigenvalue weighted by molar-refractivity contribution is 7.99. The minimum Gasteiger partial charge on any atom is -0.497 e. The van der Waals surface area contributed by atoms with Gasteiger partial charge in [0.1, 0.15) is 5.75 Å². The van der Waals surface area contributed by atoms with E-state index in [1.54, 1.807) is 23.8 Å². The Labute approximate surface area is 108 Å². The zero-order valence-electron chi connectivity index (χ0n) is 10.1. The quantitative estimate of drug-likeness (QED) is 0.815. The number of anilines is 1. The minimum absolute atomic E-state index is 0.221. The molecule has 0 spiro atoms. The zero-order valence-corrected chi connectivity index (χ0v) is 11.0. The molecule has 0 fully saturated rings. The van der Waals surface area contributed by atoms with E-state index in [1.807, 2.05) is 13.0 Å². The fraction of sp³-hybridized carbons (Fsp3) is 0.273. The van der Waals surface area contributed by atoms with E-state index in [0.717, 1.165) is 4.90 Å². The van der Waals surface area contributed by atoms with E-state index in [2.05, 4.69) is 10.2 Å². The second-order valence-corrected chi connectivity index (χ2v) is 4.57. The summed E-state index contributed by atoms with van der Waals surface area (Å²) >= 11 is 1.33. The Morgan fingerprint density at radius 2 is 2.33 bits per heavy atom. The molecule has 0 aliphatic heterocycles. The Kier molecular flexibility index (Phi) is 3.61. The number of hydrogen-bond acceptors (Lipinski definition) is 5. The lowest BCUT2D eigenvalue weighted by molar-refractivity contribution is 0.414. The molecular weight excluding hydrogens is 252 g/mol. The third kappa shape index (κ3) is 2.35. The summed E-state index contributed by atoms with van der Waals surface area (Å²) in [5.41, 5.74) is 6.29. The van der Waals surface area contributed by atoms with Crippen molar-refractivity contribution >= 4 is 17.4 Å². The Balaban J connectivity index is 2.36. The Morgan fingerprint density at radius 1 is 1.56 bits per heavy atom. The molecule has 2 aromatic rings. The van der Waals surface area contributed by atoms with Crippen molar-refractivity contribution in [3.05, 3.63) is 28.7 Å². The summed E-state index contributed by atoms with van der Waals surface area (Å²) in [6.07, 6.45) is 0. The summed E-state index contributed by atoms with van der Waals surface area (Å²) in [5, 5.41) is 6.98. The van der Waals surface area contributed by atoms with Crippen molar-refractivity contribution in [1.82, 2.24) is 14.8 Å². The monoisotopic (exact) mass is 266 g/mol. The molecule has 0 saturated heterocycles. The number of nitrogens with one attached hydrogen (secondary N) is 1. The summed E-state index contributed by atoms with van der Waals surface area (Å²) in [7, 11) is 1.59. The van der Waals surface area contributed by atoms with Gasteiger partial charge in [-0.15, -0.1) is 5.10 Å². The van der Waals surface area contributed by atoms with Crippen molar-refractivity contribution in [2.75, 3.05) is 12.8 Å². The first-order valence-corrected chi connectivity index (χ1v) is 6.24. The van der Waals surface area contributed by atoms with E-state index in [-0.39, 0.29) is 5.69 Å². The summed E-state index contributed by atoms with van der Waals surface area (Å²) in [6, 6.07) is 5.37. The van der Waals surface area contributed by atoms with Gasteiger partial charge in [-0.1, -0.05) is 0 Å². The van der Waals surface area contributed by atoms with Crippen molar-refractivity contribution in [2.24, 2.45) is 0 Å². The van der Waals surface area contributed by atoms with Crippen molar-refractivity contribution in [3.63, 3.8) is 0 Å². The lowest BCUT2D eigenvalue weighted by atomic mass is 10.3. The first-order chi connectivity index (χ1) is 8.65. The molecule has 6 nitrogen and oxygen atoms in total. The highest BCUT2D eigenvalue weighted by Gasteiger charge is 2.11. The predicted molar refractivity (Wildman–Crippen MR) is 70.1 cm³/mol. The number of nitrogens with two attached hydrogens (primary N) is 1. The van der Waals surface area contributed by atoms with E-state index in [4.69, 9.17) is 10.5 Å². The van der Waals surface area contributed by atoms with Gasteiger partial charge in [0, 0.05) is 17.1 Å². The van der Waals surface area contributed by atoms with Gasteiger partial charge in [0.05, 0.1) is 7.11 Å². The summed E-state index contributed by atoms with van der Waals surface area (Å²) in [5.74, 6) is 0.715. The van der Waals surface area contributed by atoms with E-state index in [1.165, 1.54) is 11.8 Å². The fourth-order valence-corrected chi connectivity index (χ4v) is 2.46. The highest BCUT2D eigenvalue weighted by Crippen LogP contribution is 2.32. The standard InChI is InChI=1S/C11H14N4O2S/c1-3-15-10(16)13-14-11(15)18-9-6-7(17-2)4-5-8(9)12/h4-6H,3,12H2,1-2H3,(H,13,16). The molecule has 0 bridgehead atoms. The number of hydrogen-bond donors (Lipinski definition) is 2. The van der Waals surface area contributed by atoms with Crippen LogP contribution in [-0.4, -0.2) is 21.9 Å². The zero-order chi connectivity index (χ0) is 13.1. The molecule has 3 N–H and O–H groups in total. The van der Waals surface area contributed by atoms with Gasteiger partial charge in [-0.05, 0) is 36.9 Å². The lowest BCUT2D eigenvalue weighted by Gasteiger charge is -2.07. The molecule has 1 heterocycles. The van der Waals surface area contributed by atoms with Gasteiger partial charge in [-0.2, -0.15) is 0 Å². The predicted octanol–water partition coefficient (Wildman–Crippen LogP) is 1.33. The van der Waals surface area contributed by atoms with Crippen LogP contribution in [0, 0.1) is 0 Å². The molecule has 0 amide bonds. The van der Waals surface area contributed by atoms with Gasteiger partial charge in [0.25, 0.3) is 0 Å². The topological polar surface area (TPSA) is 85.9 Å². The van der Waals surface area contributed by atoms with Gasteiger partial charge >= 0.3 is 5.69 Å². The molecule has 0 radical (unpaired) electrons. The number of nitrogen functional groups attached to an aromatic ring is 1. The maximum Gasteiger partial charge on any atom is 0.343 e. The van der Waals surface area contributed by atoms with Gasteiger partial charge < -0.3 is 10.5 Å². The summed E-state index contributed by atoms with van der Waals surface area (Å²) in [6.45, 7) is 2.44. The Hall–Kier alpha value is -1.89. The second kappa shape index (κ2) is 5.18. The molecule has 1 aromatic heterocycles. The third-order valence-corrected chi connectivity index (χ3v) is 3.53. The maximum absolute atomic E-state index is 11.4. The molecule has 0 unspecified atom stereocenters. The molecule has 7 heteroatoms. The van der Waals surface area contributed by atoms with E-state index in [9.17, 15) is 4.79 Å². The van der Waals surface area contributed by atoms with Crippen LogP contribution < -0.4 is 16.2 Å². The van der Waals surface area contributed by atoms with Gasteiger partial charge in [0.2, 0.25) is 0 Å². The fourth-order valence-electron chi connectivity index (χ4n) is 1.49. The van der Waals surface area contributed by atoms with Crippen LogP contribution in [-0.2, 0) is 6.54 Å².